The van der Waals surface area contributed by atoms with Crippen molar-refractivity contribution in [3.8, 4) is 6.07 Å². The Morgan fingerprint density at radius 1 is 1.29 bits per heavy atom. The first-order chi connectivity index (χ1) is 10.2. The lowest BCUT2D eigenvalue weighted by Gasteiger charge is -2.25. The molecule has 4 nitrogen and oxygen atoms in total. The molecule has 0 unspecified atom stereocenters. The lowest BCUT2D eigenvalue weighted by Crippen LogP contribution is -2.27. The van der Waals surface area contributed by atoms with Crippen molar-refractivity contribution in [2.45, 2.75) is 32.4 Å². The summed E-state index contributed by atoms with van der Waals surface area (Å²) < 4.78 is 0. The Bertz CT molecular complexity index is 681. The van der Waals surface area contributed by atoms with E-state index in [1.54, 1.807) is 6.20 Å². The zero-order chi connectivity index (χ0) is 14.8. The zero-order valence-electron chi connectivity index (χ0n) is 12.1. The summed E-state index contributed by atoms with van der Waals surface area (Å²) in [7, 11) is 0. The molecule has 0 bridgehead atoms. The Hall–Kier alpha value is -2.54. The van der Waals surface area contributed by atoms with Gasteiger partial charge in [0.05, 0.1) is 5.56 Å². The number of aryl methyl sites for hydroxylation is 1. The highest BCUT2D eigenvalue weighted by molar-refractivity contribution is 5.58. The molecule has 1 aliphatic rings. The second-order valence-corrected chi connectivity index (χ2v) is 5.54. The van der Waals surface area contributed by atoms with E-state index >= 15 is 0 Å². The summed E-state index contributed by atoms with van der Waals surface area (Å²) in [5.74, 6) is 0.803. The molecule has 1 aromatic heterocycles. The highest BCUT2D eigenvalue weighted by atomic mass is 15.2. The number of nitrogen functional groups attached to an aromatic ring is 1. The van der Waals surface area contributed by atoms with Gasteiger partial charge in [-0.25, -0.2) is 4.98 Å². The monoisotopic (exact) mass is 278 g/mol. The third-order valence-corrected chi connectivity index (χ3v) is 3.84. The van der Waals surface area contributed by atoms with Crippen LogP contribution in [0, 0.1) is 18.3 Å². The second kappa shape index (κ2) is 5.45. The van der Waals surface area contributed by atoms with Crippen molar-refractivity contribution in [3.63, 3.8) is 0 Å². The predicted molar refractivity (Wildman–Crippen MR) is 83.7 cm³/mol. The number of nitrogens with zero attached hydrogens (tertiary/aromatic N) is 3. The lowest BCUT2D eigenvalue weighted by molar-refractivity contribution is 0.776. The van der Waals surface area contributed by atoms with E-state index in [0.717, 1.165) is 36.5 Å². The minimum Gasteiger partial charge on any atom is -0.399 e. The van der Waals surface area contributed by atoms with E-state index in [9.17, 15) is 5.26 Å². The highest BCUT2D eigenvalue weighted by Crippen LogP contribution is 2.34. The first kappa shape index (κ1) is 13.4. The molecule has 0 atom stereocenters. The van der Waals surface area contributed by atoms with Crippen LogP contribution in [0.3, 0.4) is 0 Å². The van der Waals surface area contributed by atoms with Crippen LogP contribution in [0.2, 0.25) is 0 Å². The summed E-state index contributed by atoms with van der Waals surface area (Å²) in [5.41, 5.74) is 9.35. The molecule has 4 heteroatoms. The molecule has 0 aliphatic heterocycles. The maximum atomic E-state index is 9.42. The quantitative estimate of drug-likeness (QED) is 0.873. The van der Waals surface area contributed by atoms with Crippen molar-refractivity contribution in [1.29, 1.82) is 5.26 Å². The van der Waals surface area contributed by atoms with E-state index in [2.05, 4.69) is 16.0 Å². The maximum Gasteiger partial charge on any atom is 0.147 e. The van der Waals surface area contributed by atoms with Crippen LogP contribution < -0.4 is 10.6 Å². The Labute approximate surface area is 124 Å². The summed E-state index contributed by atoms with van der Waals surface area (Å²) in [6, 6.07) is 12.6. The second-order valence-electron chi connectivity index (χ2n) is 5.54. The predicted octanol–water partition coefficient (Wildman–Crippen LogP) is 3.01. The van der Waals surface area contributed by atoms with Crippen molar-refractivity contribution >= 4 is 11.5 Å². The number of rotatable bonds is 4. The minimum atomic E-state index is 0.490. The normalized spacial score (nSPS) is 13.7. The number of benzene rings is 1. The molecule has 0 saturated heterocycles. The van der Waals surface area contributed by atoms with E-state index in [4.69, 9.17) is 5.73 Å². The fraction of sp³-hybridized carbons (Fsp3) is 0.294. The summed E-state index contributed by atoms with van der Waals surface area (Å²) in [4.78, 5) is 6.71. The number of hydrogen-bond acceptors (Lipinski definition) is 4. The molecular weight excluding hydrogens is 260 g/mol. The topological polar surface area (TPSA) is 65.9 Å². The zero-order valence-corrected chi connectivity index (χ0v) is 12.1. The molecule has 0 spiro atoms. The van der Waals surface area contributed by atoms with E-state index in [1.807, 2.05) is 37.3 Å². The van der Waals surface area contributed by atoms with Crippen LogP contribution in [0.25, 0.3) is 0 Å². The summed E-state index contributed by atoms with van der Waals surface area (Å²) >= 11 is 0. The Kier molecular flexibility index (Phi) is 3.49. The van der Waals surface area contributed by atoms with Crippen LogP contribution >= 0.6 is 0 Å². The average Bonchev–Trinajstić information content (AvgIpc) is 3.31. The van der Waals surface area contributed by atoms with E-state index < -0.39 is 0 Å². The lowest BCUT2D eigenvalue weighted by atomic mass is 10.1. The van der Waals surface area contributed by atoms with Gasteiger partial charge < -0.3 is 10.6 Å². The van der Waals surface area contributed by atoms with Crippen LogP contribution in [0.4, 0.5) is 11.5 Å². The smallest absolute Gasteiger partial charge is 0.147 e. The third kappa shape index (κ3) is 2.82. The summed E-state index contributed by atoms with van der Waals surface area (Å²) in [5, 5.41) is 9.42. The van der Waals surface area contributed by atoms with Crippen molar-refractivity contribution in [1.82, 2.24) is 4.98 Å². The first-order valence-electron chi connectivity index (χ1n) is 7.16. The van der Waals surface area contributed by atoms with E-state index in [1.165, 1.54) is 5.56 Å². The molecule has 106 valence electrons. The number of aromatic nitrogens is 1. The van der Waals surface area contributed by atoms with Crippen molar-refractivity contribution in [3.05, 3.63) is 53.2 Å². The Morgan fingerprint density at radius 3 is 2.62 bits per heavy atom. The van der Waals surface area contributed by atoms with Gasteiger partial charge >= 0.3 is 0 Å². The molecular formula is C17H18N4. The largest absolute Gasteiger partial charge is 0.399 e. The Balaban J connectivity index is 1.94. The Morgan fingerprint density at radius 2 is 2.00 bits per heavy atom. The summed E-state index contributed by atoms with van der Waals surface area (Å²) in [6.07, 6.45) is 4.11. The fourth-order valence-corrected chi connectivity index (χ4v) is 2.48. The molecule has 1 aromatic carbocycles. The third-order valence-electron chi connectivity index (χ3n) is 3.84. The van der Waals surface area contributed by atoms with Crippen molar-refractivity contribution < 1.29 is 0 Å². The van der Waals surface area contributed by atoms with Crippen LogP contribution in [-0.4, -0.2) is 11.0 Å². The number of hydrogen-bond donors (Lipinski definition) is 1. The molecule has 3 rings (SSSR count). The van der Waals surface area contributed by atoms with Crippen LogP contribution in [0.1, 0.15) is 29.5 Å². The van der Waals surface area contributed by atoms with Gasteiger partial charge in [-0.1, -0.05) is 12.1 Å². The van der Waals surface area contributed by atoms with Crippen molar-refractivity contribution in [2.24, 2.45) is 0 Å². The standard InChI is InChI=1S/C17H18N4/c1-12-8-9-20-17(16(12)10-18)21(15-6-7-15)11-13-2-4-14(19)5-3-13/h2-5,8-9,15H,6-7,11,19H2,1H3. The van der Waals surface area contributed by atoms with Gasteiger partial charge in [0, 0.05) is 24.5 Å². The SMILES string of the molecule is Cc1ccnc(N(Cc2ccc(N)cc2)C2CC2)c1C#N. The molecule has 1 heterocycles. The fourth-order valence-electron chi connectivity index (χ4n) is 2.48. The van der Waals surface area contributed by atoms with Gasteiger partial charge in [0.25, 0.3) is 0 Å². The van der Waals surface area contributed by atoms with Gasteiger partial charge in [0.15, 0.2) is 0 Å². The van der Waals surface area contributed by atoms with Gasteiger partial charge in [0.1, 0.15) is 11.9 Å². The molecule has 21 heavy (non-hydrogen) atoms. The van der Waals surface area contributed by atoms with Crippen LogP contribution in [-0.2, 0) is 6.54 Å². The van der Waals surface area contributed by atoms with Crippen LogP contribution in [0.5, 0.6) is 0 Å². The average molecular weight is 278 g/mol. The minimum absolute atomic E-state index is 0.490. The number of pyridine rings is 1. The molecule has 0 amide bonds. The molecule has 1 saturated carbocycles. The molecule has 0 radical (unpaired) electrons. The van der Waals surface area contributed by atoms with Gasteiger partial charge in [-0.15, -0.1) is 0 Å². The van der Waals surface area contributed by atoms with Crippen molar-refractivity contribution in [2.75, 3.05) is 10.6 Å². The van der Waals surface area contributed by atoms with E-state index in [0.29, 0.717) is 11.6 Å². The van der Waals surface area contributed by atoms with Gasteiger partial charge in [0.2, 0.25) is 0 Å². The first-order valence-corrected chi connectivity index (χ1v) is 7.16. The molecule has 2 aromatic rings. The number of nitriles is 1. The van der Waals surface area contributed by atoms with Gasteiger partial charge in [-0.3, -0.25) is 0 Å². The molecule has 1 aliphatic carbocycles. The van der Waals surface area contributed by atoms with Crippen LogP contribution in [0.15, 0.2) is 36.5 Å². The number of nitrogens with two attached hydrogens (primary N) is 1. The maximum absolute atomic E-state index is 9.42. The van der Waals surface area contributed by atoms with E-state index in [-0.39, 0.29) is 0 Å². The summed E-state index contributed by atoms with van der Waals surface area (Å²) in [6.45, 7) is 2.72. The van der Waals surface area contributed by atoms with Gasteiger partial charge in [-0.05, 0) is 49.1 Å². The van der Waals surface area contributed by atoms with Gasteiger partial charge in [-0.2, -0.15) is 5.26 Å². The molecule has 2 N–H and O–H groups in total. The highest BCUT2D eigenvalue weighted by Gasteiger charge is 2.31. The molecule has 1 fully saturated rings. The number of anilines is 2.